The Bertz CT molecular complexity index is 325. The second-order valence-corrected chi connectivity index (χ2v) is 4.79. The Balaban J connectivity index is 1.77. The highest BCUT2D eigenvalue weighted by atomic mass is 19.1. The van der Waals surface area contributed by atoms with E-state index in [0.717, 1.165) is 25.2 Å². The molecule has 0 heterocycles. The molecule has 0 radical (unpaired) electrons. The van der Waals surface area contributed by atoms with Crippen molar-refractivity contribution in [3.8, 4) is 0 Å². The van der Waals surface area contributed by atoms with Crippen LogP contribution in [0.2, 0.25) is 0 Å². The first-order valence-corrected chi connectivity index (χ1v) is 5.89. The van der Waals surface area contributed by atoms with Crippen LogP contribution in [-0.4, -0.2) is 13.1 Å². The Morgan fingerprint density at radius 1 is 1.25 bits per heavy atom. The van der Waals surface area contributed by atoms with Crippen LogP contribution in [0.1, 0.15) is 24.8 Å². The van der Waals surface area contributed by atoms with E-state index in [1.54, 1.807) is 0 Å². The van der Waals surface area contributed by atoms with Crippen molar-refractivity contribution in [3.05, 3.63) is 35.6 Å². The van der Waals surface area contributed by atoms with E-state index < -0.39 is 0 Å². The molecule has 1 fully saturated rings. The molecule has 0 atom stereocenters. The van der Waals surface area contributed by atoms with E-state index in [9.17, 15) is 4.39 Å². The molecule has 0 bridgehead atoms. The normalized spacial score (nSPS) is 18.1. The summed E-state index contributed by atoms with van der Waals surface area (Å²) in [4.78, 5) is 0. The maximum atomic E-state index is 12.7. The van der Waals surface area contributed by atoms with Crippen molar-refractivity contribution in [1.29, 1.82) is 0 Å². The van der Waals surface area contributed by atoms with Crippen LogP contribution >= 0.6 is 0 Å². The summed E-state index contributed by atoms with van der Waals surface area (Å²) >= 11 is 0. The zero-order chi connectivity index (χ0) is 11.4. The van der Waals surface area contributed by atoms with E-state index >= 15 is 0 Å². The Morgan fingerprint density at radius 3 is 2.44 bits per heavy atom. The zero-order valence-electron chi connectivity index (χ0n) is 9.51. The van der Waals surface area contributed by atoms with Gasteiger partial charge in [-0.05, 0) is 42.5 Å². The summed E-state index contributed by atoms with van der Waals surface area (Å²) in [5, 5.41) is 3.41. The van der Waals surface area contributed by atoms with Crippen LogP contribution in [0.15, 0.2) is 24.3 Å². The SMILES string of the molecule is NCC1(CNCc2ccc(F)cc2)CCC1. The molecule has 3 N–H and O–H groups in total. The molecule has 1 aromatic rings. The lowest BCUT2D eigenvalue weighted by atomic mass is 9.69. The van der Waals surface area contributed by atoms with Crippen molar-refractivity contribution in [2.24, 2.45) is 11.1 Å². The van der Waals surface area contributed by atoms with Crippen LogP contribution < -0.4 is 11.1 Å². The minimum Gasteiger partial charge on any atom is -0.330 e. The van der Waals surface area contributed by atoms with Crippen LogP contribution in [0, 0.1) is 11.2 Å². The number of nitrogens with two attached hydrogens (primary N) is 1. The predicted molar refractivity (Wildman–Crippen MR) is 63.4 cm³/mol. The van der Waals surface area contributed by atoms with Gasteiger partial charge in [-0.3, -0.25) is 0 Å². The molecular weight excluding hydrogens is 203 g/mol. The molecule has 0 unspecified atom stereocenters. The van der Waals surface area contributed by atoms with Gasteiger partial charge in [0, 0.05) is 13.1 Å². The molecule has 0 spiro atoms. The maximum absolute atomic E-state index is 12.7. The molecule has 2 nitrogen and oxygen atoms in total. The van der Waals surface area contributed by atoms with E-state index in [-0.39, 0.29) is 5.82 Å². The van der Waals surface area contributed by atoms with Crippen molar-refractivity contribution in [2.45, 2.75) is 25.8 Å². The second kappa shape index (κ2) is 4.93. The molecule has 16 heavy (non-hydrogen) atoms. The van der Waals surface area contributed by atoms with Gasteiger partial charge in [-0.2, -0.15) is 0 Å². The van der Waals surface area contributed by atoms with Crippen LogP contribution in [0.3, 0.4) is 0 Å². The fourth-order valence-electron chi connectivity index (χ4n) is 2.20. The van der Waals surface area contributed by atoms with E-state index in [4.69, 9.17) is 5.73 Å². The van der Waals surface area contributed by atoms with Crippen LogP contribution in [0.5, 0.6) is 0 Å². The lowest BCUT2D eigenvalue weighted by molar-refractivity contribution is 0.141. The highest BCUT2D eigenvalue weighted by Gasteiger charge is 2.34. The first-order chi connectivity index (χ1) is 7.74. The van der Waals surface area contributed by atoms with Crippen molar-refractivity contribution < 1.29 is 4.39 Å². The first kappa shape index (κ1) is 11.6. The Morgan fingerprint density at radius 2 is 1.94 bits per heavy atom. The number of rotatable bonds is 5. The summed E-state index contributed by atoms with van der Waals surface area (Å²) in [6, 6.07) is 6.63. The van der Waals surface area contributed by atoms with Crippen molar-refractivity contribution >= 4 is 0 Å². The summed E-state index contributed by atoms with van der Waals surface area (Å²) in [5.41, 5.74) is 7.23. The van der Waals surface area contributed by atoms with E-state index in [1.807, 2.05) is 12.1 Å². The number of hydrogen-bond acceptors (Lipinski definition) is 2. The average Bonchev–Trinajstić information content (AvgIpc) is 2.25. The molecule has 0 aromatic heterocycles. The molecule has 1 aliphatic carbocycles. The van der Waals surface area contributed by atoms with Gasteiger partial charge in [0.05, 0.1) is 0 Å². The van der Waals surface area contributed by atoms with Gasteiger partial charge in [0.25, 0.3) is 0 Å². The molecule has 1 saturated carbocycles. The van der Waals surface area contributed by atoms with E-state index in [0.29, 0.717) is 5.41 Å². The van der Waals surface area contributed by atoms with Crippen molar-refractivity contribution in [2.75, 3.05) is 13.1 Å². The fourth-order valence-corrected chi connectivity index (χ4v) is 2.20. The van der Waals surface area contributed by atoms with Gasteiger partial charge in [-0.15, -0.1) is 0 Å². The predicted octanol–water partition coefficient (Wildman–Crippen LogP) is 2.04. The summed E-state index contributed by atoms with van der Waals surface area (Å²) in [6.45, 7) is 2.53. The van der Waals surface area contributed by atoms with Gasteiger partial charge in [-0.1, -0.05) is 18.6 Å². The van der Waals surface area contributed by atoms with Crippen LogP contribution in [0.4, 0.5) is 4.39 Å². The third kappa shape index (κ3) is 2.60. The molecule has 2 rings (SSSR count). The lowest BCUT2D eigenvalue weighted by Gasteiger charge is -2.41. The van der Waals surface area contributed by atoms with E-state index in [2.05, 4.69) is 5.32 Å². The highest BCUT2D eigenvalue weighted by molar-refractivity contribution is 5.15. The van der Waals surface area contributed by atoms with Gasteiger partial charge in [0.15, 0.2) is 0 Å². The molecule has 88 valence electrons. The van der Waals surface area contributed by atoms with Gasteiger partial charge >= 0.3 is 0 Å². The number of nitrogens with one attached hydrogen (secondary N) is 1. The van der Waals surface area contributed by atoms with Gasteiger partial charge in [0.1, 0.15) is 5.82 Å². The summed E-state index contributed by atoms with van der Waals surface area (Å²) in [7, 11) is 0. The number of halogens is 1. The molecular formula is C13H19FN2. The minimum atomic E-state index is -0.179. The largest absolute Gasteiger partial charge is 0.330 e. The van der Waals surface area contributed by atoms with Gasteiger partial charge in [-0.25, -0.2) is 4.39 Å². The quantitative estimate of drug-likeness (QED) is 0.800. The highest BCUT2D eigenvalue weighted by Crippen LogP contribution is 2.39. The molecule has 1 aliphatic rings. The van der Waals surface area contributed by atoms with Crippen molar-refractivity contribution in [1.82, 2.24) is 5.32 Å². The monoisotopic (exact) mass is 222 g/mol. The third-order valence-corrected chi connectivity index (χ3v) is 3.59. The molecule has 0 amide bonds. The Kier molecular flexibility index (Phi) is 3.56. The Labute approximate surface area is 96.0 Å². The fraction of sp³-hybridized carbons (Fsp3) is 0.538. The van der Waals surface area contributed by atoms with E-state index in [1.165, 1.54) is 31.4 Å². The number of hydrogen-bond donors (Lipinski definition) is 2. The average molecular weight is 222 g/mol. The summed E-state index contributed by atoms with van der Waals surface area (Å²) in [6.07, 6.45) is 3.77. The molecule has 3 heteroatoms. The molecule has 0 saturated heterocycles. The molecule has 0 aliphatic heterocycles. The molecule has 1 aromatic carbocycles. The summed E-state index contributed by atoms with van der Waals surface area (Å²) < 4.78 is 12.7. The zero-order valence-corrected chi connectivity index (χ0v) is 9.51. The summed E-state index contributed by atoms with van der Waals surface area (Å²) in [5.74, 6) is -0.179. The second-order valence-electron chi connectivity index (χ2n) is 4.79. The number of benzene rings is 1. The topological polar surface area (TPSA) is 38.0 Å². The van der Waals surface area contributed by atoms with Gasteiger partial charge in [0.2, 0.25) is 0 Å². The van der Waals surface area contributed by atoms with Gasteiger partial charge < -0.3 is 11.1 Å². The first-order valence-electron chi connectivity index (χ1n) is 5.89. The minimum absolute atomic E-state index is 0.179. The standard InChI is InChI=1S/C13H19FN2/c14-12-4-2-11(3-5-12)8-16-10-13(9-15)6-1-7-13/h2-5,16H,1,6-10,15H2. The van der Waals surface area contributed by atoms with Crippen LogP contribution in [0.25, 0.3) is 0 Å². The lowest BCUT2D eigenvalue weighted by Crippen LogP contribution is -2.45. The maximum Gasteiger partial charge on any atom is 0.123 e. The Hall–Kier alpha value is -0.930. The van der Waals surface area contributed by atoms with Crippen LogP contribution in [-0.2, 0) is 6.54 Å². The third-order valence-electron chi connectivity index (χ3n) is 3.59. The smallest absolute Gasteiger partial charge is 0.123 e. The van der Waals surface area contributed by atoms with Crippen molar-refractivity contribution in [3.63, 3.8) is 0 Å².